The summed E-state index contributed by atoms with van der Waals surface area (Å²) in [7, 11) is 1.62. The Labute approximate surface area is 169 Å². The molecule has 1 aliphatic rings. The lowest BCUT2D eigenvalue weighted by Gasteiger charge is -2.32. The Morgan fingerprint density at radius 2 is 1.83 bits per heavy atom. The standard InChI is InChI=1S/C23H23N3O3/c1-29-21-9-8-20(18-6-2-3-7-19(18)21)23(28)26-14-4-5-16(15-26)22(27)25-17-10-12-24-13-11-17/h2-3,6-13,16H,4-5,14-15H2,1H3,(H,24,25,27)/t16-/m1/s1. The zero-order chi connectivity index (χ0) is 20.2. The Bertz CT molecular complexity index is 1040. The number of carbonyl (C=O) groups excluding carboxylic acids is 2. The van der Waals surface area contributed by atoms with Gasteiger partial charge in [0.1, 0.15) is 5.75 Å². The van der Waals surface area contributed by atoms with Gasteiger partial charge in [0.25, 0.3) is 5.91 Å². The van der Waals surface area contributed by atoms with Crippen LogP contribution in [0.1, 0.15) is 23.2 Å². The molecule has 6 nitrogen and oxygen atoms in total. The second-order valence-electron chi connectivity index (χ2n) is 7.18. The van der Waals surface area contributed by atoms with Crippen LogP contribution in [-0.2, 0) is 4.79 Å². The third-order valence-electron chi connectivity index (χ3n) is 5.36. The van der Waals surface area contributed by atoms with Gasteiger partial charge >= 0.3 is 0 Å². The van der Waals surface area contributed by atoms with Gasteiger partial charge in [-0.1, -0.05) is 24.3 Å². The van der Waals surface area contributed by atoms with E-state index in [1.54, 1.807) is 36.5 Å². The van der Waals surface area contributed by atoms with E-state index < -0.39 is 0 Å². The lowest BCUT2D eigenvalue weighted by Crippen LogP contribution is -2.43. The van der Waals surface area contributed by atoms with Crippen molar-refractivity contribution in [2.24, 2.45) is 5.92 Å². The summed E-state index contributed by atoms with van der Waals surface area (Å²) in [6, 6.07) is 14.9. The fraction of sp³-hybridized carbons (Fsp3) is 0.261. The number of amides is 2. The van der Waals surface area contributed by atoms with Gasteiger partial charge in [-0.3, -0.25) is 14.6 Å². The summed E-state index contributed by atoms with van der Waals surface area (Å²) in [6.45, 7) is 1.06. The first-order valence-corrected chi connectivity index (χ1v) is 9.73. The van der Waals surface area contributed by atoms with Crippen LogP contribution in [0.4, 0.5) is 5.69 Å². The smallest absolute Gasteiger partial charge is 0.254 e. The maximum atomic E-state index is 13.3. The molecule has 2 amide bonds. The van der Waals surface area contributed by atoms with Crippen molar-refractivity contribution >= 4 is 28.3 Å². The van der Waals surface area contributed by atoms with Crippen molar-refractivity contribution in [3.8, 4) is 5.75 Å². The van der Waals surface area contributed by atoms with Crippen LogP contribution in [0.15, 0.2) is 60.9 Å². The number of hydrogen-bond acceptors (Lipinski definition) is 4. The number of fused-ring (bicyclic) bond motifs is 1. The van der Waals surface area contributed by atoms with E-state index in [-0.39, 0.29) is 17.7 Å². The van der Waals surface area contributed by atoms with Crippen LogP contribution < -0.4 is 10.1 Å². The number of carbonyl (C=O) groups is 2. The highest BCUT2D eigenvalue weighted by atomic mass is 16.5. The summed E-state index contributed by atoms with van der Waals surface area (Å²) < 4.78 is 5.43. The third kappa shape index (κ3) is 3.92. The summed E-state index contributed by atoms with van der Waals surface area (Å²) >= 11 is 0. The van der Waals surface area contributed by atoms with Crippen molar-refractivity contribution in [2.75, 3.05) is 25.5 Å². The number of anilines is 1. The van der Waals surface area contributed by atoms with E-state index in [1.165, 1.54) is 0 Å². The molecule has 148 valence electrons. The molecule has 29 heavy (non-hydrogen) atoms. The first-order chi connectivity index (χ1) is 14.2. The van der Waals surface area contributed by atoms with Gasteiger partial charge in [0.2, 0.25) is 5.91 Å². The number of methoxy groups -OCH3 is 1. The molecule has 1 aliphatic heterocycles. The van der Waals surface area contributed by atoms with E-state index in [4.69, 9.17) is 4.74 Å². The van der Waals surface area contributed by atoms with Crippen molar-refractivity contribution in [1.82, 2.24) is 9.88 Å². The minimum atomic E-state index is -0.231. The molecule has 6 heteroatoms. The molecule has 0 radical (unpaired) electrons. The number of rotatable bonds is 4. The predicted octanol–water partition coefficient (Wildman–Crippen LogP) is 3.73. The Hall–Kier alpha value is -3.41. The zero-order valence-corrected chi connectivity index (χ0v) is 16.3. The van der Waals surface area contributed by atoms with Crippen molar-refractivity contribution < 1.29 is 14.3 Å². The lowest BCUT2D eigenvalue weighted by atomic mass is 9.95. The normalized spacial score (nSPS) is 16.4. The summed E-state index contributed by atoms with van der Waals surface area (Å²) in [5.41, 5.74) is 1.35. The van der Waals surface area contributed by atoms with Crippen LogP contribution in [-0.4, -0.2) is 41.9 Å². The van der Waals surface area contributed by atoms with E-state index >= 15 is 0 Å². The molecule has 1 aromatic heterocycles. The van der Waals surface area contributed by atoms with Gasteiger partial charge in [-0.15, -0.1) is 0 Å². The zero-order valence-electron chi connectivity index (χ0n) is 16.3. The highest BCUT2D eigenvalue weighted by Gasteiger charge is 2.29. The molecule has 4 rings (SSSR count). The van der Waals surface area contributed by atoms with Crippen molar-refractivity contribution in [3.05, 3.63) is 66.5 Å². The molecule has 2 aromatic carbocycles. The molecule has 0 unspecified atom stereocenters. The molecule has 1 saturated heterocycles. The minimum absolute atomic E-state index is 0.0507. The number of ether oxygens (including phenoxy) is 1. The molecule has 1 atom stereocenters. The average molecular weight is 389 g/mol. The molecule has 0 spiro atoms. The number of pyridine rings is 1. The van der Waals surface area contributed by atoms with Crippen LogP contribution in [0.3, 0.4) is 0 Å². The summed E-state index contributed by atoms with van der Waals surface area (Å²) in [6.07, 6.45) is 4.85. The van der Waals surface area contributed by atoms with Gasteiger partial charge in [-0.25, -0.2) is 0 Å². The second-order valence-corrected chi connectivity index (χ2v) is 7.18. The van der Waals surface area contributed by atoms with Gasteiger partial charge in [0.15, 0.2) is 0 Å². The summed E-state index contributed by atoms with van der Waals surface area (Å²) in [4.78, 5) is 31.7. The van der Waals surface area contributed by atoms with Crippen LogP contribution >= 0.6 is 0 Å². The summed E-state index contributed by atoms with van der Waals surface area (Å²) in [5, 5.41) is 4.69. The van der Waals surface area contributed by atoms with Gasteiger partial charge in [0, 0.05) is 42.1 Å². The second kappa shape index (κ2) is 8.31. The average Bonchev–Trinajstić information content (AvgIpc) is 2.78. The minimum Gasteiger partial charge on any atom is -0.496 e. The van der Waals surface area contributed by atoms with E-state index in [0.29, 0.717) is 18.7 Å². The number of likely N-dealkylation sites (tertiary alicyclic amines) is 1. The van der Waals surface area contributed by atoms with Crippen LogP contribution in [0.2, 0.25) is 0 Å². The molecule has 2 heterocycles. The molecule has 0 saturated carbocycles. The number of nitrogens with one attached hydrogen (secondary N) is 1. The molecular weight excluding hydrogens is 366 g/mol. The molecule has 3 aromatic rings. The highest BCUT2D eigenvalue weighted by Crippen LogP contribution is 2.30. The molecular formula is C23H23N3O3. The predicted molar refractivity (Wildman–Crippen MR) is 112 cm³/mol. The number of piperidine rings is 1. The van der Waals surface area contributed by atoms with Gasteiger partial charge in [0.05, 0.1) is 13.0 Å². The van der Waals surface area contributed by atoms with E-state index in [2.05, 4.69) is 10.3 Å². The first kappa shape index (κ1) is 18.9. The quantitative estimate of drug-likeness (QED) is 0.738. The molecule has 1 fully saturated rings. The van der Waals surface area contributed by atoms with Crippen LogP contribution in [0, 0.1) is 5.92 Å². The van der Waals surface area contributed by atoms with Gasteiger partial charge < -0.3 is 15.0 Å². The van der Waals surface area contributed by atoms with E-state index in [0.717, 1.165) is 35.1 Å². The van der Waals surface area contributed by atoms with E-state index in [9.17, 15) is 9.59 Å². The SMILES string of the molecule is COc1ccc(C(=O)N2CCC[C@@H](C(=O)Nc3ccncc3)C2)c2ccccc12. The molecule has 0 aliphatic carbocycles. The largest absolute Gasteiger partial charge is 0.496 e. The Morgan fingerprint density at radius 1 is 1.07 bits per heavy atom. The number of benzene rings is 2. The topological polar surface area (TPSA) is 71.5 Å². The maximum absolute atomic E-state index is 13.3. The Morgan fingerprint density at radius 3 is 2.59 bits per heavy atom. The van der Waals surface area contributed by atoms with Gasteiger partial charge in [-0.05, 0) is 42.5 Å². The maximum Gasteiger partial charge on any atom is 0.254 e. The molecule has 0 bridgehead atoms. The van der Waals surface area contributed by atoms with E-state index in [1.807, 2.05) is 36.4 Å². The van der Waals surface area contributed by atoms with Gasteiger partial charge in [-0.2, -0.15) is 0 Å². The fourth-order valence-electron chi connectivity index (χ4n) is 3.86. The molecule has 1 N–H and O–H groups in total. The highest BCUT2D eigenvalue weighted by molar-refractivity contribution is 6.08. The van der Waals surface area contributed by atoms with Crippen LogP contribution in [0.25, 0.3) is 10.8 Å². The first-order valence-electron chi connectivity index (χ1n) is 9.73. The Balaban J connectivity index is 1.54. The number of hydrogen-bond donors (Lipinski definition) is 1. The lowest BCUT2D eigenvalue weighted by molar-refractivity contribution is -0.121. The fourth-order valence-corrected chi connectivity index (χ4v) is 3.86. The van der Waals surface area contributed by atoms with Crippen LogP contribution in [0.5, 0.6) is 5.75 Å². The van der Waals surface area contributed by atoms with Crippen molar-refractivity contribution in [2.45, 2.75) is 12.8 Å². The number of aromatic nitrogens is 1. The van der Waals surface area contributed by atoms with Crippen molar-refractivity contribution in [3.63, 3.8) is 0 Å². The summed E-state index contributed by atoms with van der Waals surface area (Å²) in [5.74, 6) is 0.398. The third-order valence-corrected chi connectivity index (χ3v) is 5.36. The number of nitrogens with zero attached hydrogens (tertiary/aromatic N) is 2. The Kier molecular flexibility index (Phi) is 5.42. The van der Waals surface area contributed by atoms with Crippen molar-refractivity contribution in [1.29, 1.82) is 0 Å². The monoisotopic (exact) mass is 389 g/mol.